The Bertz CT molecular complexity index is 2390. The van der Waals surface area contributed by atoms with E-state index in [1.54, 1.807) is 60.7 Å². The molecule has 2 aliphatic carbocycles. The number of allylic oxidation sites excluding steroid dienone is 2. The molecule has 4 aromatic carbocycles. The van der Waals surface area contributed by atoms with E-state index in [0.29, 0.717) is 37.3 Å². The predicted octanol–water partition coefficient (Wildman–Crippen LogP) is 9.06. The van der Waals surface area contributed by atoms with Crippen LogP contribution in [0.3, 0.4) is 0 Å². The zero-order valence-corrected chi connectivity index (χ0v) is 32.3. The van der Waals surface area contributed by atoms with Gasteiger partial charge in [0.2, 0.25) is 23.6 Å². The average molecular weight is 921 g/mol. The number of methoxy groups -OCH3 is 1. The van der Waals surface area contributed by atoms with Crippen LogP contribution in [0.2, 0.25) is 5.02 Å². The summed E-state index contributed by atoms with van der Waals surface area (Å²) in [6, 6.07) is 18.4. The van der Waals surface area contributed by atoms with Gasteiger partial charge in [-0.1, -0.05) is 59.6 Å². The monoisotopic (exact) mass is 920 g/mol. The van der Waals surface area contributed by atoms with Crippen molar-refractivity contribution in [3.63, 3.8) is 0 Å². The summed E-state index contributed by atoms with van der Waals surface area (Å²) in [4.78, 5) is 60.4. The van der Waals surface area contributed by atoms with E-state index in [9.17, 15) is 45.8 Å². The second-order valence-electron chi connectivity index (χ2n) is 14.4. The van der Waals surface area contributed by atoms with Crippen molar-refractivity contribution in [1.82, 2.24) is 0 Å². The zero-order valence-electron chi connectivity index (χ0n) is 29.4. The van der Waals surface area contributed by atoms with Crippen molar-refractivity contribution in [2.24, 2.45) is 23.7 Å². The number of benzene rings is 4. The first kappa shape index (κ1) is 38.9. The second-order valence-corrected chi connectivity index (χ2v) is 16.0. The number of imide groups is 2. The minimum absolute atomic E-state index is 0.0415. The number of nitrogens with zero attached hydrogens (tertiary/aromatic N) is 2. The number of amides is 4. The quantitative estimate of drug-likeness (QED) is 0.0928. The number of anilines is 2. The summed E-state index contributed by atoms with van der Waals surface area (Å²) >= 11 is 8.23. The predicted molar refractivity (Wildman–Crippen MR) is 202 cm³/mol. The Morgan fingerprint density at radius 1 is 0.789 bits per heavy atom. The number of carbonyl (C=O) groups excluding carboxylic acids is 4. The Hall–Kier alpha value is -4.90. The fourth-order valence-corrected chi connectivity index (χ4v) is 10.2. The number of rotatable bonds is 5. The van der Waals surface area contributed by atoms with Crippen molar-refractivity contribution < 1.29 is 55.4 Å². The largest absolute Gasteiger partial charge is 0.504 e. The van der Waals surface area contributed by atoms with Crippen molar-refractivity contribution in [3.05, 3.63) is 127 Å². The molecule has 3 fully saturated rings. The van der Waals surface area contributed by atoms with Gasteiger partial charge in [-0.25, -0.2) is 9.80 Å². The third-order valence-electron chi connectivity index (χ3n) is 11.6. The third-order valence-corrected chi connectivity index (χ3v) is 12.7. The van der Waals surface area contributed by atoms with Gasteiger partial charge in [-0.2, -0.15) is 26.3 Å². The first-order chi connectivity index (χ1) is 26.9. The highest BCUT2D eigenvalue weighted by atomic mass is 127. The highest BCUT2D eigenvalue weighted by Crippen LogP contribution is 2.65. The smallest absolute Gasteiger partial charge is 0.416 e. The van der Waals surface area contributed by atoms with Crippen LogP contribution in [0.5, 0.6) is 11.5 Å². The van der Waals surface area contributed by atoms with Gasteiger partial charge in [-0.15, -0.1) is 0 Å². The number of phenols is 1. The lowest BCUT2D eigenvalue weighted by atomic mass is 9.49. The van der Waals surface area contributed by atoms with Gasteiger partial charge >= 0.3 is 12.4 Å². The molecular formula is C41H28ClF6IN2O6. The van der Waals surface area contributed by atoms with E-state index in [0.717, 1.165) is 4.90 Å². The summed E-state index contributed by atoms with van der Waals surface area (Å²) in [7, 11) is 1.33. The molecule has 1 N–H and O–H groups in total. The molecular weight excluding hydrogens is 893 g/mol. The van der Waals surface area contributed by atoms with Crippen LogP contribution in [0.4, 0.5) is 37.7 Å². The molecule has 4 aromatic rings. The van der Waals surface area contributed by atoms with E-state index < -0.39 is 87.8 Å². The number of phenolic OH excluding ortho intramolecular Hbond substituents is 1. The van der Waals surface area contributed by atoms with Gasteiger partial charge in [0.15, 0.2) is 11.5 Å². The van der Waals surface area contributed by atoms with E-state index in [1.165, 1.54) is 19.2 Å². The lowest BCUT2D eigenvalue weighted by Crippen LogP contribution is -2.53. The lowest BCUT2D eigenvalue weighted by Gasteiger charge is -2.50. The number of ether oxygens (including phenoxy) is 1. The van der Waals surface area contributed by atoms with E-state index >= 15 is 4.79 Å². The highest BCUT2D eigenvalue weighted by molar-refractivity contribution is 14.1. The molecule has 294 valence electrons. The molecule has 1 saturated carbocycles. The summed E-state index contributed by atoms with van der Waals surface area (Å²) in [6.07, 6.45) is -9.14. The number of carbonyl (C=O) groups is 4. The molecule has 0 bridgehead atoms. The van der Waals surface area contributed by atoms with Crippen LogP contribution in [-0.4, -0.2) is 35.8 Å². The Kier molecular flexibility index (Phi) is 9.30. The molecule has 4 amide bonds. The molecule has 16 heteroatoms. The van der Waals surface area contributed by atoms with Crippen LogP contribution < -0.4 is 14.5 Å². The minimum atomic E-state index is -5.24. The molecule has 0 spiro atoms. The van der Waals surface area contributed by atoms with E-state index in [1.807, 2.05) is 22.6 Å². The van der Waals surface area contributed by atoms with Crippen LogP contribution in [-0.2, 0) is 36.9 Å². The van der Waals surface area contributed by atoms with Crippen LogP contribution in [0.15, 0.2) is 96.6 Å². The standard InChI is InChI=1S/C41H28ClF6IN2O6/c1-57-31-13-19(12-30(49)34(31)52)33-26-10-11-27-32(37(55)50(35(27)53)25-15-21(40(43,44)45)14-22(16-25)41(46,47)48)28(26)18-29-36(54)51(24-9-5-8-23(42)17-24)38(56)39(29,33)20-6-3-2-4-7-20/h2-10,12-17,27-29,32-33,52H,11,18H2,1H3/t27-,28+,29-,32-,33-,39+/m0/s1. The molecule has 4 aliphatic rings. The molecule has 8 rings (SSSR count). The number of halogens is 8. The normalized spacial score (nSPS) is 26.0. The zero-order chi connectivity index (χ0) is 40.9. The Morgan fingerprint density at radius 2 is 1.46 bits per heavy atom. The second kappa shape index (κ2) is 13.6. The summed E-state index contributed by atoms with van der Waals surface area (Å²) in [6.45, 7) is 0. The number of hydrogen-bond donors (Lipinski definition) is 1. The fraction of sp³-hybridized carbons (Fsp3) is 0.268. The molecule has 0 unspecified atom stereocenters. The van der Waals surface area contributed by atoms with Crippen LogP contribution in [0, 0.1) is 27.2 Å². The molecule has 8 nitrogen and oxygen atoms in total. The van der Waals surface area contributed by atoms with Gasteiger partial charge in [0, 0.05) is 10.9 Å². The molecule has 2 saturated heterocycles. The maximum Gasteiger partial charge on any atom is 0.416 e. The molecule has 0 radical (unpaired) electrons. The van der Waals surface area contributed by atoms with Crippen molar-refractivity contribution in [2.45, 2.75) is 36.5 Å². The SMILES string of the molecule is COc1cc([C@H]2C3=CC[C@@H]4C(=O)N(c5cc(C(F)(F)F)cc(C(F)(F)F)c5)C(=O)[C@@H]4[C@@H]3C[C@H]3C(=O)N(c4cccc(Cl)c4)C(=O)[C@@]23c2ccccc2)cc(I)c1O. The van der Waals surface area contributed by atoms with Gasteiger partial charge in [0.25, 0.3) is 0 Å². The molecule has 2 aliphatic heterocycles. The lowest BCUT2D eigenvalue weighted by molar-refractivity contribution is -0.143. The maximum absolute atomic E-state index is 15.4. The molecule has 2 heterocycles. The topological polar surface area (TPSA) is 104 Å². The maximum atomic E-state index is 15.4. The van der Waals surface area contributed by atoms with Gasteiger partial charge in [0.1, 0.15) is 0 Å². The van der Waals surface area contributed by atoms with Crippen LogP contribution in [0.25, 0.3) is 0 Å². The van der Waals surface area contributed by atoms with Gasteiger partial charge in [0.05, 0.1) is 56.4 Å². The average Bonchev–Trinajstić information content (AvgIpc) is 3.56. The van der Waals surface area contributed by atoms with Crippen molar-refractivity contribution >= 4 is 69.2 Å². The summed E-state index contributed by atoms with van der Waals surface area (Å²) in [5.41, 5.74) is -4.47. The molecule has 57 heavy (non-hydrogen) atoms. The van der Waals surface area contributed by atoms with E-state index in [-0.39, 0.29) is 41.1 Å². The summed E-state index contributed by atoms with van der Waals surface area (Å²) in [5, 5.41) is 11.1. The van der Waals surface area contributed by atoms with Gasteiger partial charge in [-0.05, 0) is 101 Å². The minimum Gasteiger partial charge on any atom is -0.504 e. The molecule has 6 atom stereocenters. The van der Waals surface area contributed by atoms with E-state index in [4.69, 9.17) is 16.3 Å². The van der Waals surface area contributed by atoms with Crippen molar-refractivity contribution in [3.8, 4) is 11.5 Å². The number of alkyl halides is 6. The first-order valence-electron chi connectivity index (χ1n) is 17.5. The Morgan fingerprint density at radius 3 is 2.07 bits per heavy atom. The first-order valence-corrected chi connectivity index (χ1v) is 19.0. The number of fused-ring (bicyclic) bond motifs is 4. The van der Waals surface area contributed by atoms with Gasteiger partial charge in [-0.3, -0.25) is 19.2 Å². The van der Waals surface area contributed by atoms with Crippen molar-refractivity contribution in [2.75, 3.05) is 16.9 Å². The van der Waals surface area contributed by atoms with Crippen LogP contribution >= 0.6 is 34.2 Å². The van der Waals surface area contributed by atoms with Gasteiger partial charge < -0.3 is 9.84 Å². The summed E-state index contributed by atoms with van der Waals surface area (Å²) < 4.78 is 89.4. The number of hydrogen-bond acceptors (Lipinski definition) is 6. The van der Waals surface area contributed by atoms with Crippen molar-refractivity contribution in [1.29, 1.82) is 0 Å². The number of aromatic hydroxyl groups is 1. The molecule has 0 aromatic heterocycles. The summed E-state index contributed by atoms with van der Waals surface area (Å²) in [5.74, 6) is -9.20. The van der Waals surface area contributed by atoms with Crippen LogP contribution in [0.1, 0.15) is 41.0 Å². The Balaban J connectivity index is 1.35. The van der Waals surface area contributed by atoms with E-state index in [2.05, 4.69) is 0 Å². The highest BCUT2D eigenvalue weighted by Gasteiger charge is 2.70. The Labute approximate surface area is 339 Å². The third kappa shape index (κ3) is 5.93. The fourth-order valence-electron chi connectivity index (χ4n) is 9.36.